The number of halogens is 1. The van der Waals surface area contributed by atoms with Crippen LogP contribution in [-0.4, -0.2) is 60.4 Å². The van der Waals surface area contributed by atoms with Crippen molar-refractivity contribution < 1.29 is 22.4 Å². The second-order valence-corrected chi connectivity index (χ2v) is 10.1. The molecule has 2 aromatic carbocycles. The number of amides is 1. The highest BCUT2D eigenvalue weighted by atomic mass is 35.5. The van der Waals surface area contributed by atoms with Gasteiger partial charge in [0.1, 0.15) is 5.75 Å². The van der Waals surface area contributed by atoms with Crippen molar-refractivity contribution in [3.63, 3.8) is 0 Å². The molecule has 0 saturated carbocycles. The predicted octanol–water partition coefficient (Wildman–Crippen LogP) is 2.57. The zero-order valence-corrected chi connectivity index (χ0v) is 19.8. The van der Waals surface area contributed by atoms with Gasteiger partial charge in [-0.2, -0.15) is 4.31 Å². The van der Waals surface area contributed by atoms with Crippen LogP contribution in [0, 0.1) is 0 Å². The van der Waals surface area contributed by atoms with Gasteiger partial charge in [0, 0.05) is 43.8 Å². The van der Waals surface area contributed by atoms with Crippen molar-refractivity contribution in [3.8, 4) is 5.75 Å². The Morgan fingerprint density at radius 3 is 2.55 bits per heavy atom. The molecule has 1 saturated heterocycles. The molecule has 1 aliphatic rings. The van der Waals surface area contributed by atoms with E-state index in [1.165, 1.54) is 21.0 Å². The quantitative estimate of drug-likeness (QED) is 0.523. The molecule has 0 radical (unpaired) electrons. The molecule has 0 aliphatic carbocycles. The molecule has 3 aromatic rings. The first-order valence-corrected chi connectivity index (χ1v) is 12.4. The lowest BCUT2D eigenvalue weighted by Crippen LogP contribution is -2.53. The van der Waals surface area contributed by atoms with Gasteiger partial charge in [-0.3, -0.25) is 9.36 Å². The van der Waals surface area contributed by atoms with E-state index in [1.54, 1.807) is 42.2 Å². The summed E-state index contributed by atoms with van der Waals surface area (Å²) >= 11 is 5.95. The second-order valence-electron chi connectivity index (χ2n) is 7.69. The van der Waals surface area contributed by atoms with Crippen LogP contribution in [0.25, 0.3) is 11.1 Å². The number of rotatable bonds is 6. The first-order valence-electron chi connectivity index (χ1n) is 10.5. The molecule has 0 bridgehead atoms. The standard InChI is InChI=1S/C22H24ClN3O6S/c1-3-26-19-8-7-18(14-20(19)32-22(26)28)33(29,30)25-11-9-24(10-12-25)21(27)15(2)31-17-6-4-5-16(23)13-17/h4-8,13-15H,3,9-12H2,1-2H3/t15-/m1/s1. The van der Waals surface area contributed by atoms with E-state index in [0.717, 1.165) is 0 Å². The Bertz CT molecular complexity index is 1340. The number of piperazine rings is 1. The van der Waals surface area contributed by atoms with Crippen LogP contribution >= 0.6 is 11.6 Å². The topological polar surface area (TPSA) is 102 Å². The molecule has 1 aliphatic heterocycles. The normalized spacial score (nSPS) is 16.2. The van der Waals surface area contributed by atoms with Gasteiger partial charge in [0.2, 0.25) is 10.0 Å². The molecule has 0 unspecified atom stereocenters. The Morgan fingerprint density at radius 1 is 1.15 bits per heavy atom. The molecule has 0 N–H and O–H groups in total. The number of oxazole rings is 1. The van der Waals surface area contributed by atoms with Gasteiger partial charge in [-0.25, -0.2) is 13.2 Å². The van der Waals surface area contributed by atoms with Crippen LogP contribution in [0.5, 0.6) is 5.75 Å². The molecule has 1 fully saturated rings. The van der Waals surface area contributed by atoms with Crippen LogP contribution in [0.1, 0.15) is 13.8 Å². The van der Waals surface area contributed by atoms with Gasteiger partial charge >= 0.3 is 5.76 Å². The SMILES string of the molecule is CCn1c(=O)oc2cc(S(=O)(=O)N3CCN(C(=O)[C@@H](C)Oc4cccc(Cl)c4)CC3)ccc21. The largest absolute Gasteiger partial charge is 0.481 e. The lowest BCUT2D eigenvalue weighted by atomic mass is 10.2. The third kappa shape index (κ3) is 4.64. The number of fused-ring (bicyclic) bond motifs is 1. The summed E-state index contributed by atoms with van der Waals surface area (Å²) in [5, 5.41) is 0.509. The summed E-state index contributed by atoms with van der Waals surface area (Å²) < 4.78 is 39.9. The van der Waals surface area contributed by atoms with Crippen molar-refractivity contribution in [2.24, 2.45) is 0 Å². The number of aromatic nitrogens is 1. The van der Waals surface area contributed by atoms with E-state index in [9.17, 15) is 18.0 Å². The summed E-state index contributed by atoms with van der Waals surface area (Å²) in [5.41, 5.74) is 0.772. The van der Waals surface area contributed by atoms with Crippen molar-refractivity contribution in [1.29, 1.82) is 0 Å². The zero-order chi connectivity index (χ0) is 23.8. The molecule has 33 heavy (non-hydrogen) atoms. The van der Waals surface area contributed by atoms with Crippen LogP contribution in [0.4, 0.5) is 0 Å². The summed E-state index contributed by atoms with van der Waals surface area (Å²) in [4.78, 5) is 26.3. The van der Waals surface area contributed by atoms with Crippen molar-refractivity contribution >= 4 is 38.6 Å². The van der Waals surface area contributed by atoms with E-state index in [0.29, 0.717) is 22.8 Å². The van der Waals surface area contributed by atoms with Crippen LogP contribution in [0.2, 0.25) is 5.02 Å². The third-order valence-corrected chi connectivity index (χ3v) is 7.73. The first kappa shape index (κ1) is 23.3. The smallest absolute Gasteiger partial charge is 0.419 e. The van der Waals surface area contributed by atoms with Gasteiger partial charge < -0.3 is 14.1 Å². The van der Waals surface area contributed by atoms with Crippen molar-refractivity contribution in [2.45, 2.75) is 31.4 Å². The number of hydrogen-bond acceptors (Lipinski definition) is 6. The number of carbonyl (C=O) groups is 1. The minimum Gasteiger partial charge on any atom is -0.481 e. The number of benzene rings is 2. The molecule has 1 atom stereocenters. The van der Waals surface area contributed by atoms with Crippen LogP contribution < -0.4 is 10.5 Å². The summed E-state index contributed by atoms with van der Waals surface area (Å²) in [6.07, 6.45) is -0.737. The fourth-order valence-electron chi connectivity index (χ4n) is 3.86. The molecule has 9 nitrogen and oxygen atoms in total. The maximum Gasteiger partial charge on any atom is 0.419 e. The Labute approximate surface area is 196 Å². The second kappa shape index (κ2) is 9.20. The Morgan fingerprint density at radius 2 is 1.88 bits per heavy atom. The number of ether oxygens (including phenoxy) is 1. The van der Waals surface area contributed by atoms with Gasteiger partial charge in [-0.05, 0) is 44.2 Å². The monoisotopic (exact) mass is 493 g/mol. The number of sulfonamides is 1. The van der Waals surface area contributed by atoms with E-state index in [1.807, 2.05) is 6.92 Å². The van der Waals surface area contributed by atoms with Gasteiger partial charge in [0.05, 0.1) is 10.4 Å². The van der Waals surface area contributed by atoms with E-state index in [-0.39, 0.29) is 42.6 Å². The van der Waals surface area contributed by atoms with Gasteiger partial charge in [-0.15, -0.1) is 0 Å². The number of carbonyl (C=O) groups excluding carboxylic acids is 1. The maximum absolute atomic E-state index is 13.1. The Kier molecular flexibility index (Phi) is 6.51. The van der Waals surface area contributed by atoms with Gasteiger partial charge in [0.25, 0.3) is 5.91 Å². The Balaban J connectivity index is 1.43. The van der Waals surface area contributed by atoms with E-state index in [4.69, 9.17) is 20.8 Å². The minimum absolute atomic E-state index is 0.0458. The molecule has 11 heteroatoms. The lowest BCUT2D eigenvalue weighted by molar-refractivity contribution is -0.139. The lowest BCUT2D eigenvalue weighted by Gasteiger charge is -2.35. The maximum atomic E-state index is 13.1. The Hall–Kier alpha value is -2.82. The molecular formula is C22H24ClN3O6S. The molecule has 1 aromatic heterocycles. The summed E-state index contributed by atoms with van der Waals surface area (Å²) in [6.45, 7) is 4.66. The minimum atomic E-state index is -3.81. The summed E-state index contributed by atoms with van der Waals surface area (Å²) in [7, 11) is -3.81. The fourth-order valence-corrected chi connectivity index (χ4v) is 5.47. The fraction of sp³-hybridized carbons (Fsp3) is 0.364. The van der Waals surface area contributed by atoms with Crippen molar-refractivity contribution in [3.05, 3.63) is 58.0 Å². The van der Waals surface area contributed by atoms with Gasteiger partial charge in [-0.1, -0.05) is 17.7 Å². The highest BCUT2D eigenvalue weighted by Crippen LogP contribution is 2.23. The van der Waals surface area contributed by atoms with E-state index in [2.05, 4.69) is 0 Å². The molecular weight excluding hydrogens is 470 g/mol. The van der Waals surface area contributed by atoms with Crippen molar-refractivity contribution in [1.82, 2.24) is 13.8 Å². The number of nitrogens with zero attached hydrogens (tertiary/aromatic N) is 3. The van der Waals surface area contributed by atoms with Crippen LogP contribution in [-0.2, 0) is 21.4 Å². The molecule has 1 amide bonds. The van der Waals surface area contributed by atoms with E-state index >= 15 is 0 Å². The van der Waals surface area contributed by atoms with Crippen molar-refractivity contribution in [2.75, 3.05) is 26.2 Å². The molecule has 0 spiro atoms. The highest BCUT2D eigenvalue weighted by Gasteiger charge is 2.32. The molecule has 2 heterocycles. The van der Waals surface area contributed by atoms with Crippen LogP contribution in [0.3, 0.4) is 0 Å². The number of aryl methyl sites for hydroxylation is 1. The third-order valence-electron chi connectivity index (χ3n) is 5.60. The predicted molar refractivity (Wildman–Crippen MR) is 123 cm³/mol. The van der Waals surface area contributed by atoms with Gasteiger partial charge in [0.15, 0.2) is 11.7 Å². The average Bonchev–Trinajstić information content (AvgIpc) is 3.12. The van der Waals surface area contributed by atoms with Crippen LogP contribution in [0.15, 0.2) is 56.6 Å². The molecule has 176 valence electrons. The molecule has 4 rings (SSSR count). The highest BCUT2D eigenvalue weighted by molar-refractivity contribution is 7.89. The van der Waals surface area contributed by atoms with E-state index < -0.39 is 21.9 Å². The first-order chi connectivity index (χ1) is 15.7. The summed E-state index contributed by atoms with van der Waals surface area (Å²) in [6, 6.07) is 11.2. The number of hydrogen-bond donors (Lipinski definition) is 0. The average molecular weight is 494 g/mol. The zero-order valence-electron chi connectivity index (χ0n) is 18.2. The summed E-state index contributed by atoms with van der Waals surface area (Å²) in [5.74, 6) is -0.261.